The number of hydrogen-bond acceptors (Lipinski definition) is 2. The first-order chi connectivity index (χ1) is 9.63. The van der Waals surface area contributed by atoms with Crippen molar-refractivity contribution in [1.82, 2.24) is 10.2 Å². The van der Waals surface area contributed by atoms with Crippen LogP contribution in [0.15, 0.2) is 24.3 Å². The van der Waals surface area contributed by atoms with Gasteiger partial charge in [-0.1, -0.05) is 36.7 Å². The van der Waals surface area contributed by atoms with Gasteiger partial charge < -0.3 is 10.2 Å². The highest BCUT2D eigenvalue weighted by Gasteiger charge is 2.30. The molecule has 20 heavy (non-hydrogen) atoms. The van der Waals surface area contributed by atoms with Crippen LogP contribution < -0.4 is 5.32 Å². The standard InChI is InChI=1S/C16H23ClN2O/c1-3-12(2)18-11-16(20)19-10-6-9-15(19)13-7-4-5-8-14(13)17/h4-5,7-8,12,15,18H,3,6,9-11H2,1-2H3. The third-order valence-corrected chi connectivity index (χ3v) is 4.40. The lowest BCUT2D eigenvalue weighted by atomic mass is 10.0. The maximum Gasteiger partial charge on any atom is 0.237 e. The third-order valence-electron chi connectivity index (χ3n) is 4.05. The fourth-order valence-corrected chi connectivity index (χ4v) is 2.90. The quantitative estimate of drug-likeness (QED) is 0.903. The van der Waals surface area contributed by atoms with Crippen LogP contribution in [-0.4, -0.2) is 29.9 Å². The van der Waals surface area contributed by atoms with Crippen molar-refractivity contribution in [2.45, 2.75) is 45.2 Å². The zero-order valence-electron chi connectivity index (χ0n) is 12.2. The van der Waals surface area contributed by atoms with E-state index in [0.29, 0.717) is 12.6 Å². The molecule has 1 amide bonds. The lowest BCUT2D eigenvalue weighted by molar-refractivity contribution is -0.131. The maximum atomic E-state index is 12.4. The largest absolute Gasteiger partial charge is 0.334 e. The Morgan fingerprint density at radius 1 is 1.50 bits per heavy atom. The summed E-state index contributed by atoms with van der Waals surface area (Å²) in [6, 6.07) is 8.35. The summed E-state index contributed by atoms with van der Waals surface area (Å²) in [6.45, 7) is 5.46. The minimum absolute atomic E-state index is 0.134. The number of hydrogen-bond donors (Lipinski definition) is 1. The Bertz CT molecular complexity index is 464. The predicted octanol–water partition coefficient (Wildman–Crippen LogP) is 3.39. The van der Waals surface area contributed by atoms with Gasteiger partial charge >= 0.3 is 0 Å². The first-order valence-corrected chi connectivity index (χ1v) is 7.78. The Balaban J connectivity index is 2.04. The van der Waals surface area contributed by atoms with E-state index in [9.17, 15) is 4.79 Å². The fourth-order valence-electron chi connectivity index (χ4n) is 2.64. The number of amides is 1. The SMILES string of the molecule is CCC(C)NCC(=O)N1CCCC1c1ccccc1Cl. The molecule has 0 aromatic heterocycles. The number of halogens is 1. The van der Waals surface area contributed by atoms with E-state index in [0.717, 1.165) is 36.4 Å². The molecular weight excluding hydrogens is 272 g/mol. The molecule has 0 saturated carbocycles. The molecule has 2 atom stereocenters. The number of rotatable bonds is 5. The van der Waals surface area contributed by atoms with Crippen LogP contribution in [0.4, 0.5) is 0 Å². The summed E-state index contributed by atoms with van der Waals surface area (Å²) in [5.41, 5.74) is 1.07. The smallest absolute Gasteiger partial charge is 0.237 e. The van der Waals surface area contributed by atoms with E-state index in [2.05, 4.69) is 19.2 Å². The summed E-state index contributed by atoms with van der Waals surface area (Å²) in [4.78, 5) is 14.3. The summed E-state index contributed by atoms with van der Waals surface area (Å²) in [5, 5.41) is 4.03. The van der Waals surface area contributed by atoms with Crippen LogP contribution in [0.5, 0.6) is 0 Å². The molecule has 1 fully saturated rings. The molecule has 1 N–H and O–H groups in total. The topological polar surface area (TPSA) is 32.3 Å². The highest BCUT2D eigenvalue weighted by Crippen LogP contribution is 2.35. The second-order valence-electron chi connectivity index (χ2n) is 5.46. The second-order valence-corrected chi connectivity index (χ2v) is 5.86. The molecule has 1 aromatic rings. The van der Waals surface area contributed by atoms with Crippen molar-refractivity contribution in [1.29, 1.82) is 0 Å². The average Bonchev–Trinajstić information content (AvgIpc) is 2.94. The van der Waals surface area contributed by atoms with Gasteiger partial charge in [0, 0.05) is 17.6 Å². The monoisotopic (exact) mass is 294 g/mol. The fraction of sp³-hybridized carbons (Fsp3) is 0.562. The Labute approximate surface area is 126 Å². The number of benzene rings is 1. The predicted molar refractivity (Wildman–Crippen MR) is 82.9 cm³/mol. The average molecular weight is 295 g/mol. The van der Waals surface area contributed by atoms with Gasteiger partial charge in [-0.05, 0) is 37.8 Å². The molecular formula is C16H23ClN2O. The highest BCUT2D eigenvalue weighted by atomic mass is 35.5. The van der Waals surface area contributed by atoms with Crippen LogP contribution in [0, 0.1) is 0 Å². The van der Waals surface area contributed by atoms with Crippen molar-refractivity contribution in [2.75, 3.05) is 13.1 Å². The molecule has 4 heteroatoms. The van der Waals surface area contributed by atoms with Gasteiger partial charge in [-0.2, -0.15) is 0 Å². The second kappa shape index (κ2) is 7.09. The molecule has 1 aliphatic heterocycles. The van der Waals surface area contributed by atoms with E-state index in [1.165, 1.54) is 0 Å². The van der Waals surface area contributed by atoms with Gasteiger partial charge in [0.1, 0.15) is 0 Å². The summed E-state index contributed by atoms with van der Waals surface area (Å²) in [7, 11) is 0. The molecule has 1 aromatic carbocycles. The molecule has 2 unspecified atom stereocenters. The normalized spacial score (nSPS) is 20.1. The van der Waals surface area contributed by atoms with Gasteiger partial charge in [-0.25, -0.2) is 0 Å². The Kier molecular flexibility index (Phi) is 5.44. The van der Waals surface area contributed by atoms with Crippen LogP contribution in [-0.2, 0) is 4.79 Å². The molecule has 0 aliphatic carbocycles. The molecule has 2 rings (SSSR count). The van der Waals surface area contributed by atoms with Gasteiger partial charge in [-0.3, -0.25) is 4.79 Å². The number of nitrogens with zero attached hydrogens (tertiary/aromatic N) is 1. The molecule has 110 valence electrons. The minimum atomic E-state index is 0.134. The number of carbonyl (C=O) groups excluding carboxylic acids is 1. The summed E-state index contributed by atoms with van der Waals surface area (Å²) < 4.78 is 0. The zero-order chi connectivity index (χ0) is 14.5. The van der Waals surface area contributed by atoms with Crippen LogP contribution >= 0.6 is 11.6 Å². The van der Waals surface area contributed by atoms with Gasteiger partial charge in [0.15, 0.2) is 0 Å². The van der Waals surface area contributed by atoms with Crippen LogP contribution in [0.1, 0.15) is 44.7 Å². The van der Waals surface area contributed by atoms with E-state index in [1.807, 2.05) is 29.2 Å². The third kappa shape index (κ3) is 3.53. The first-order valence-electron chi connectivity index (χ1n) is 7.40. The Morgan fingerprint density at radius 2 is 2.25 bits per heavy atom. The van der Waals surface area contributed by atoms with E-state index < -0.39 is 0 Å². The van der Waals surface area contributed by atoms with E-state index >= 15 is 0 Å². The van der Waals surface area contributed by atoms with Crippen LogP contribution in [0.3, 0.4) is 0 Å². The molecule has 0 radical (unpaired) electrons. The summed E-state index contributed by atoms with van der Waals surface area (Å²) >= 11 is 6.27. The van der Waals surface area contributed by atoms with Crippen molar-refractivity contribution in [3.8, 4) is 0 Å². The lowest BCUT2D eigenvalue weighted by Gasteiger charge is -2.26. The van der Waals surface area contributed by atoms with Gasteiger partial charge in [0.2, 0.25) is 5.91 Å². The van der Waals surface area contributed by atoms with Crippen LogP contribution in [0.25, 0.3) is 0 Å². The molecule has 0 spiro atoms. The number of carbonyl (C=O) groups is 1. The lowest BCUT2D eigenvalue weighted by Crippen LogP contribution is -2.40. The first kappa shape index (κ1) is 15.3. The minimum Gasteiger partial charge on any atom is -0.334 e. The molecule has 0 bridgehead atoms. The highest BCUT2D eigenvalue weighted by molar-refractivity contribution is 6.31. The maximum absolute atomic E-state index is 12.4. The molecule has 1 saturated heterocycles. The Morgan fingerprint density at radius 3 is 2.95 bits per heavy atom. The van der Waals surface area contributed by atoms with E-state index in [4.69, 9.17) is 11.6 Å². The van der Waals surface area contributed by atoms with Crippen molar-refractivity contribution < 1.29 is 4.79 Å². The summed E-state index contributed by atoms with van der Waals surface area (Å²) in [6.07, 6.45) is 3.07. The van der Waals surface area contributed by atoms with Crippen molar-refractivity contribution in [2.24, 2.45) is 0 Å². The number of likely N-dealkylation sites (tertiary alicyclic amines) is 1. The van der Waals surface area contributed by atoms with Gasteiger partial charge in [-0.15, -0.1) is 0 Å². The van der Waals surface area contributed by atoms with Gasteiger partial charge in [0.25, 0.3) is 0 Å². The van der Waals surface area contributed by atoms with Crippen molar-refractivity contribution in [3.05, 3.63) is 34.9 Å². The number of nitrogens with one attached hydrogen (secondary N) is 1. The molecule has 1 heterocycles. The van der Waals surface area contributed by atoms with Crippen molar-refractivity contribution >= 4 is 17.5 Å². The Hall–Kier alpha value is -1.06. The van der Waals surface area contributed by atoms with E-state index in [-0.39, 0.29) is 11.9 Å². The molecule has 1 aliphatic rings. The molecule has 3 nitrogen and oxygen atoms in total. The van der Waals surface area contributed by atoms with Gasteiger partial charge in [0.05, 0.1) is 12.6 Å². The summed E-state index contributed by atoms with van der Waals surface area (Å²) in [5.74, 6) is 0.174. The van der Waals surface area contributed by atoms with E-state index in [1.54, 1.807) is 0 Å². The van der Waals surface area contributed by atoms with Crippen LogP contribution in [0.2, 0.25) is 5.02 Å². The van der Waals surface area contributed by atoms with Crippen molar-refractivity contribution in [3.63, 3.8) is 0 Å². The zero-order valence-corrected chi connectivity index (χ0v) is 13.0.